The van der Waals surface area contributed by atoms with Gasteiger partial charge in [0.25, 0.3) is 5.91 Å². The summed E-state index contributed by atoms with van der Waals surface area (Å²) in [5.41, 5.74) is 4.44. The van der Waals surface area contributed by atoms with Crippen molar-refractivity contribution in [3.63, 3.8) is 0 Å². The fourth-order valence-electron chi connectivity index (χ4n) is 3.95. The first-order chi connectivity index (χ1) is 13.3. The Kier molecular flexibility index (Phi) is 4.11. The number of carbonyl (C=O) groups excluding carboxylic acids is 1. The van der Waals surface area contributed by atoms with Gasteiger partial charge in [0.05, 0.1) is 18.8 Å². The van der Waals surface area contributed by atoms with E-state index in [0.29, 0.717) is 5.82 Å². The highest BCUT2D eigenvalue weighted by Gasteiger charge is 2.23. The van der Waals surface area contributed by atoms with Crippen LogP contribution in [0, 0.1) is 0 Å². The number of hydrogen-bond acceptors (Lipinski definition) is 4. The third kappa shape index (κ3) is 3.09. The number of anilines is 1. The minimum atomic E-state index is -0.0623. The lowest BCUT2D eigenvalue weighted by molar-refractivity contribution is 0.0342. The minimum absolute atomic E-state index is 0.0623. The van der Waals surface area contributed by atoms with Gasteiger partial charge in [-0.2, -0.15) is 0 Å². The van der Waals surface area contributed by atoms with E-state index in [1.165, 1.54) is 11.1 Å². The predicted octanol–water partition coefficient (Wildman–Crippen LogP) is 3.22. The van der Waals surface area contributed by atoms with Crippen LogP contribution in [0.5, 0.6) is 0 Å². The van der Waals surface area contributed by atoms with Gasteiger partial charge in [0.2, 0.25) is 0 Å². The summed E-state index contributed by atoms with van der Waals surface area (Å²) in [7, 11) is 0. The van der Waals surface area contributed by atoms with Gasteiger partial charge in [-0.25, -0.2) is 4.98 Å². The van der Waals surface area contributed by atoms with E-state index in [1.54, 1.807) is 0 Å². The number of pyridine rings is 1. The summed E-state index contributed by atoms with van der Waals surface area (Å²) in [5, 5.41) is 4.90. The smallest absolute Gasteiger partial charge is 0.257 e. The number of hydrogen-bond donors (Lipinski definition) is 1. The molecule has 5 nitrogen and oxygen atoms in total. The van der Waals surface area contributed by atoms with E-state index in [4.69, 9.17) is 4.74 Å². The van der Waals surface area contributed by atoms with Crippen LogP contribution in [0.4, 0.5) is 5.82 Å². The van der Waals surface area contributed by atoms with Gasteiger partial charge in [-0.05, 0) is 34.6 Å². The molecule has 1 N–H and O–H groups in total. The lowest BCUT2D eigenvalue weighted by atomic mass is 9.98. The molecule has 0 unspecified atom stereocenters. The Balaban J connectivity index is 1.38. The third-order valence-electron chi connectivity index (χ3n) is 5.40. The number of nitrogens with zero attached hydrogens (tertiary/aromatic N) is 2. The second-order valence-electron chi connectivity index (χ2n) is 7.20. The van der Waals surface area contributed by atoms with Crippen molar-refractivity contribution in [2.75, 3.05) is 31.6 Å². The Morgan fingerprint density at radius 1 is 1.04 bits per heavy atom. The summed E-state index contributed by atoms with van der Waals surface area (Å²) < 4.78 is 5.41. The zero-order valence-corrected chi connectivity index (χ0v) is 15.1. The van der Waals surface area contributed by atoms with Crippen LogP contribution < -0.4 is 5.32 Å². The number of amides is 1. The van der Waals surface area contributed by atoms with Gasteiger partial charge in [0.15, 0.2) is 0 Å². The summed E-state index contributed by atoms with van der Waals surface area (Å²) in [6.07, 6.45) is 2.69. The molecule has 1 fully saturated rings. The second kappa shape index (κ2) is 6.76. The van der Waals surface area contributed by atoms with Crippen LogP contribution >= 0.6 is 0 Å². The normalized spacial score (nSPS) is 16.7. The Hall–Kier alpha value is -2.76. The van der Waals surface area contributed by atoms with E-state index in [1.807, 2.05) is 18.3 Å². The van der Waals surface area contributed by atoms with Crippen molar-refractivity contribution < 1.29 is 9.53 Å². The molecule has 5 heteroatoms. The molecule has 3 heterocycles. The first kappa shape index (κ1) is 16.4. The highest BCUT2D eigenvalue weighted by Crippen LogP contribution is 2.33. The standard InChI is InChI=1S/C22H21N3O2/c26-22-19-3-1-2-18-17(13-23-21(24-22)20(18)19)12-15-4-6-16(7-5-15)14-25-8-10-27-11-9-25/h1-7,13H,8-12,14H2,(H,23,24,26). The van der Waals surface area contributed by atoms with E-state index in [9.17, 15) is 4.79 Å². The topological polar surface area (TPSA) is 54.5 Å². The van der Waals surface area contributed by atoms with Crippen molar-refractivity contribution in [3.8, 4) is 0 Å². The molecule has 0 radical (unpaired) electrons. The summed E-state index contributed by atoms with van der Waals surface area (Å²) in [6.45, 7) is 4.63. The van der Waals surface area contributed by atoms with Crippen molar-refractivity contribution in [1.82, 2.24) is 9.88 Å². The molecular weight excluding hydrogens is 338 g/mol. The molecule has 27 heavy (non-hydrogen) atoms. The second-order valence-corrected chi connectivity index (χ2v) is 7.20. The molecule has 2 aliphatic rings. The van der Waals surface area contributed by atoms with Crippen LogP contribution in [-0.2, 0) is 17.7 Å². The molecule has 0 bridgehead atoms. The first-order valence-electron chi connectivity index (χ1n) is 9.38. The number of ether oxygens (including phenoxy) is 1. The Morgan fingerprint density at radius 2 is 1.81 bits per heavy atom. The maximum atomic E-state index is 12.1. The Labute approximate surface area is 158 Å². The fraction of sp³-hybridized carbons (Fsp3) is 0.273. The molecule has 1 saturated heterocycles. The summed E-state index contributed by atoms with van der Waals surface area (Å²) >= 11 is 0. The van der Waals surface area contributed by atoms with Gasteiger partial charge >= 0.3 is 0 Å². The Morgan fingerprint density at radius 3 is 2.63 bits per heavy atom. The molecule has 3 aromatic rings. The molecule has 0 saturated carbocycles. The van der Waals surface area contributed by atoms with Gasteiger partial charge < -0.3 is 10.1 Å². The van der Waals surface area contributed by atoms with Gasteiger partial charge in [-0.15, -0.1) is 0 Å². The molecule has 2 aliphatic heterocycles. The predicted molar refractivity (Wildman–Crippen MR) is 105 cm³/mol. The molecule has 0 aliphatic carbocycles. The highest BCUT2D eigenvalue weighted by molar-refractivity contribution is 6.23. The van der Waals surface area contributed by atoms with E-state index in [0.717, 1.165) is 61.2 Å². The molecule has 0 spiro atoms. The van der Waals surface area contributed by atoms with Crippen LogP contribution in [0.25, 0.3) is 10.8 Å². The lowest BCUT2D eigenvalue weighted by Gasteiger charge is -2.26. The number of carbonyl (C=O) groups is 1. The van der Waals surface area contributed by atoms with E-state index in [-0.39, 0.29) is 5.91 Å². The molecule has 0 atom stereocenters. The van der Waals surface area contributed by atoms with E-state index >= 15 is 0 Å². The van der Waals surface area contributed by atoms with E-state index in [2.05, 4.69) is 45.5 Å². The van der Waals surface area contributed by atoms with Gasteiger partial charge in [-0.1, -0.05) is 36.4 Å². The maximum absolute atomic E-state index is 12.1. The number of aromatic nitrogens is 1. The van der Waals surface area contributed by atoms with Crippen molar-refractivity contribution in [3.05, 3.63) is 70.9 Å². The summed E-state index contributed by atoms with van der Waals surface area (Å²) in [4.78, 5) is 18.9. The number of nitrogens with one attached hydrogen (secondary N) is 1. The number of morpholine rings is 1. The minimum Gasteiger partial charge on any atom is -0.379 e. The van der Waals surface area contributed by atoms with Crippen molar-refractivity contribution >= 4 is 22.5 Å². The summed E-state index contributed by atoms with van der Waals surface area (Å²) in [6, 6.07) is 14.7. The van der Waals surface area contributed by atoms with Gasteiger partial charge in [0.1, 0.15) is 5.82 Å². The highest BCUT2D eigenvalue weighted by atomic mass is 16.5. The van der Waals surface area contributed by atoms with Crippen LogP contribution in [-0.4, -0.2) is 42.1 Å². The van der Waals surface area contributed by atoms with Gasteiger partial charge in [-0.3, -0.25) is 9.69 Å². The first-order valence-corrected chi connectivity index (χ1v) is 9.38. The monoisotopic (exact) mass is 359 g/mol. The quantitative estimate of drug-likeness (QED) is 0.777. The van der Waals surface area contributed by atoms with Crippen molar-refractivity contribution in [1.29, 1.82) is 0 Å². The number of benzene rings is 2. The average Bonchev–Trinajstić information content (AvgIpc) is 3.04. The molecular formula is C22H21N3O2. The molecule has 136 valence electrons. The average molecular weight is 359 g/mol. The van der Waals surface area contributed by atoms with Crippen LogP contribution in [0.1, 0.15) is 27.0 Å². The van der Waals surface area contributed by atoms with E-state index < -0.39 is 0 Å². The SMILES string of the molecule is O=C1Nc2ncc(Cc3ccc(CN4CCOCC4)cc3)c3cccc1c23. The largest absolute Gasteiger partial charge is 0.379 e. The lowest BCUT2D eigenvalue weighted by Crippen LogP contribution is -2.35. The van der Waals surface area contributed by atoms with Gasteiger partial charge in [0, 0.05) is 31.2 Å². The van der Waals surface area contributed by atoms with Crippen LogP contribution in [0.2, 0.25) is 0 Å². The maximum Gasteiger partial charge on any atom is 0.257 e. The number of rotatable bonds is 4. The molecule has 5 rings (SSSR count). The van der Waals surface area contributed by atoms with Crippen LogP contribution in [0.15, 0.2) is 48.7 Å². The summed E-state index contributed by atoms with van der Waals surface area (Å²) in [5.74, 6) is 0.614. The van der Waals surface area contributed by atoms with Crippen molar-refractivity contribution in [2.45, 2.75) is 13.0 Å². The van der Waals surface area contributed by atoms with Crippen molar-refractivity contribution in [2.24, 2.45) is 0 Å². The van der Waals surface area contributed by atoms with Crippen LogP contribution in [0.3, 0.4) is 0 Å². The Bertz CT molecular complexity index is 1010. The molecule has 1 aromatic heterocycles. The zero-order valence-electron chi connectivity index (χ0n) is 15.1. The zero-order chi connectivity index (χ0) is 18.2. The third-order valence-corrected chi connectivity index (χ3v) is 5.40. The fourth-order valence-corrected chi connectivity index (χ4v) is 3.95. The molecule has 2 aromatic carbocycles. The molecule has 1 amide bonds.